The SMILES string of the molecule is Cc1ccc(Oc2nc3nc(C4C=CC(c5ccccc5C#N)=CC4)c(Cl)cc3[nH]2)cc1C(=O)O. The van der Waals surface area contributed by atoms with Gasteiger partial charge in [-0.05, 0) is 54.3 Å². The normalized spacial score (nSPS) is 15.0. The number of nitrogens with one attached hydrogen (secondary N) is 1. The highest BCUT2D eigenvalue weighted by molar-refractivity contribution is 6.31. The highest BCUT2D eigenvalue weighted by Crippen LogP contribution is 2.35. The van der Waals surface area contributed by atoms with Crippen molar-refractivity contribution in [2.45, 2.75) is 19.3 Å². The number of pyridine rings is 1. The molecule has 0 saturated heterocycles. The molecule has 2 heterocycles. The Morgan fingerprint density at radius 2 is 2.06 bits per heavy atom. The van der Waals surface area contributed by atoms with Crippen molar-refractivity contribution in [2.24, 2.45) is 0 Å². The lowest BCUT2D eigenvalue weighted by Crippen LogP contribution is -2.03. The molecule has 2 aromatic carbocycles. The molecule has 0 aliphatic heterocycles. The summed E-state index contributed by atoms with van der Waals surface area (Å²) >= 11 is 6.57. The van der Waals surface area contributed by atoms with Crippen molar-refractivity contribution in [3.8, 4) is 17.8 Å². The number of aryl methyl sites for hydroxylation is 1. The summed E-state index contributed by atoms with van der Waals surface area (Å²) in [5.41, 5.74) is 5.08. The molecule has 1 aliphatic rings. The lowest BCUT2D eigenvalue weighted by atomic mass is 9.89. The number of nitriles is 1. The summed E-state index contributed by atoms with van der Waals surface area (Å²) in [5, 5.41) is 19.2. The van der Waals surface area contributed by atoms with E-state index in [2.05, 4.69) is 27.1 Å². The molecule has 5 rings (SSSR count). The van der Waals surface area contributed by atoms with Crippen LogP contribution in [0.4, 0.5) is 0 Å². The van der Waals surface area contributed by atoms with E-state index in [1.807, 2.05) is 30.4 Å². The lowest BCUT2D eigenvalue weighted by Gasteiger charge is -2.17. The number of carboxylic acid groups (broad SMARTS) is 1. The Morgan fingerprint density at radius 3 is 2.80 bits per heavy atom. The first-order valence-corrected chi connectivity index (χ1v) is 11.3. The minimum absolute atomic E-state index is 0.0406. The van der Waals surface area contributed by atoms with Crippen molar-refractivity contribution >= 4 is 34.3 Å². The monoisotopic (exact) mass is 482 g/mol. The zero-order valence-corrected chi connectivity index (χ0v) is 19.4. The maximum atomic E-state index is 11.4. The van der Waals surface area contributed by atoms with Crippen LogP contribution < -0.4 is 4.74 Å². The molecule has 0 spiro atoms. The van der Waals surface area contributed by atoms with Crippen LogP contribution in [0.25, 0.3) is 16.7 Å². The first kappa shape index (κ1) is 22.4. The molecule has 7 nitrogen and oxygen atoms in total. The highest BCUT2D eigenvalue weighted by Gasteiger charge is 2.20. The number of ether oxygens (including phenoxy) is 1. The second-order valence-electron chi connectivity index (χ2n) is 8.17. The number of aromatic amines is 1. The Labute approximate surface area is 206 Å². The van der Waals surface area contributed by atoms with Crippen LogP contribution in [0.2, 0.25) is 5.02 Å². The second-order valence-corrected chi connectivity index (χ2v) is 8.58. The van der Waals surface area contributed by atoms with E-state index in [-0.39, 0.29) is 17.5 Å². The van der Waals surface area contributed by atoms with Crippen LogP contribution in [0.1, 0.15) is 45.1 Å². The van der Waals surface area contributed by atoms with E-state index in [1.54, 1.807) is 31.2 Å². The van der Waals surface area contributed by atoms with Crippen molar-refractivity contribution in [1.29, 1.82) is 5.26 Å². The summed E-state index contributed by atoms with van der Waals surface area (Å²) in [5.74, 6) is -0.713. The standard InChI is InChI=1S/C27H19ClN4O3/c1-15-6-11-19(12-21(15)26(33)34)35-27-30-23-13-22(28)24(31-25(23)32-27)17-9-7-16(8-10-17)20-5-3-2-4-18(20)14-29/h2-9,11-13,17H,10H2,1H3,(H,33,34)(H,30,31,32). The van der Waals surface area contributed by atoms with Gasteiger partial charge >= 0.3 is 12.0 Å². The molecule has 0 fully saturated rings. The van der Waals surface area contributed by atoms with E-state index in [9.17, 15) is 15.2 Å². The summed E-state index contributed by atoms with van der Waals surface area (Å²) in [6.45, 7) is 1.72. The number of halogens is 1. The molecule has 8 heteroatoms. The van der Waals surface area contributed by atoms with Gasteiger partial charge in [0.2, 0.25) is 0 Å². The Hall–Kier alpha value is -4.41. The van der Waals surface area contributed by atoms with E-state index < -0.39 is 5.97 Å². The molecule has 2 aromatic heterocycles. The molecule has 1 unspecified atom stereocenters. The number of aromatic carboxylic acids is 1. The average molecular weight is 483 g/mol. The third-order valence-corrected chi connectivity index (χ3v) is 6.20. The summed E-state index contributed by atoms with van der Waals surface area (Å²) in [6.07, 6.45) is 6.79. The van der Waals surface area contributed by atoms with Crippen molar-refractivity contribution in [3.63, 3.8) is 0 Å². The molecule has 4 aromatic rings. The van der Waals surface area contributed by atoms with Crippen LogP contribution in [0.3, 0.4) is 0 Å². The number of benzene rings is 2. The molecule has 0 amide bonds. The molecule has 0 bridgehead atoms. The number of hydrogen-bond acceptors (Lipinski definition) is 5. The van der Waals surface area contributed by atoms with E-state index in [0.717, 1.165) is 11.1 Å². The number of aromatic nitrogens is 3. The smallest absolute Gasteiger partial charge is 0.336 e. The third kappa shape index (κ3) is 4.39. The van der Waals surface area contributed by atoms with Crippen LogP contribution >= 0.6 is 11.6 Å². The van der Waals surface area contributed by atoms with Gasteiger partial charge in [-0.3, -0.25) is 0 Å². The quantitative estimate of drug-likeness (QED) is 0.340. The first-order valence-electron chi connectivity index (χ1n) is 10.9. The Balaban J connectivity index is 1.39. The second kappa shape index (κ2) is 9.09. The van der Waals surface area contributed by atoms with E-state index in [1.165, 1.54) is 6.07 Å². The summed E-state index contributed by atoms with van der Waals surface area (Å²) in [7, 11) is 0. The highest BCUT2D eigenvalue weighted by atomic mass is 35.5. The van der Waals surface area contributed by atoms with Gasteiger partial charge < -0.3 is 14.8 Å². The molecule has 1 atom stereocenters. The lowest BCUT2D eigenvalue weighted by molar-refractivity contribution is 0.0695. The summed E-state index contributed by atoms with van der Waals surface area (Å²) in [6, 6.07) is 16.5. The van der Waals surface area contributed by atoms with Gasteiger partial charge in [0.15, 0.2) is 5.65 Å². The first-order chi connectivity index (χ1) is 16.9. The number of fused-ring (bicyclic) bond motifs is 1. The number of nitrogens with zero attached hydrogens (tertiary/aromatic N) is 3. The maximum absolute atomic E-state index is 11.4. The molecule has 2 N–H and O–H groups in total. The Morgan fingerprint density at radius 1 is 1.23 bits per heavy atom. The number of allylic oxidation sites excluding steroid dienone is 4. The fourth-order valence-corrected chi connectivity index (χ4v) is 4.37. The van der Waals surface area contributed by atoms with Gasteiger partial charge in [-0.1, -0.05) is 54.1 Å². The third-order valence-electron chi connectivity index (χ3n) is 5.90. The van der Waals surface area contributed by atoms with Crippen LogP contribution in [-0.2, 0) is 0 Å². The number of hydrogen-bond donors (Lipinski definition) is 2. The molecule has 0 saturated carbocycles. The minimum Gasteiger partial charge on any atom is -0.478 e. The summed E-state index contributed by atoms with van der Waals surface area (Å²) in [4.78, 5) is 23.5. The topological polar surface area (TPSA) is 112 Å². The molecule has 35 heavy (non-hydrogen) atoms. The van der Waals surface area contributed by atoms with Gasteiger partial charge in [0.25, 0.3) is 0 Å². The predicted molar refractivity (Wildman–Crippen MR) is 133 cm³/mol. The van der Waals surface area contributed by atoms with Crippen molar-refractivity contribution in [1.82, 2.24) is 15.0 Å². The van der Waals surface area contributed by atoms with Crippen LogP contribution in [0, 0.1) is 18.3 Å². The van der Waals surface area contributed by atoms with Crippen molar-refractivity contribution < 1.29 is 14.6 Å². The van der Waals surface area contributed by atoms with Gasteiger partial charge in [0, 0.05) is 5.92 Å². The fourth-order valence-electron chi connectivity index (χ4n) is 4.08. The zero-order valence-electron chi connectivity index (χ0n) is 18.6. The van der Waals surface area contributed by atoms with Gasteiger partial charge in [-0.2, -0.15) is 10.2 Å². The Bertz CT molecular complexity index is 1580. The van der Waals surface area contributed by atoms with Gasteiger partial charge in [-0.15, -0.1) is 0 Å². The van der Waals surface area contributed by atoms with Crippen LogP contribution in [0.5, 0.6) is 11.8 Å². The van der Waals surface area contributed by atoms with Gasteiger partial charge in [0.1, 0.15) is 5.75 Å². The van der Waals surface area contributed by atoms with Crippen molar-refractivity contribution in [3.05, 3.63) is 99.7 Å². The number of H-pyrrole nitrogens is 1. The predicted octanol–water partition coefficient (Wildman–Crippen LogP) is 6.41. The number of rotatable bonds is 5. The molecule has 1 aliphatic carbocycles. The maximum Gasteiger partial charge on any atom is 0.336 e. The zero-order chi connectivity index (χ0) is 24.5. The van der Waals surface area contributed by atoms with E-state index in [4.69, 9.17) is 16.3 Å². The molecule has 0 radical (unpaired) electrons. The minimum atomic E-state index is -1.02. The number of imidazole rings is 1. The van der Waals surface area contributed by atoms with Crippen molar-refractivity contribution in [2.75, 3.05) is 0 Å². The average Bonchev–Trinajstić information content (AvgIpc) is 3.25. The largest absolute Gasteiger partial charge is 0.478 e. The molecule has 172 valence electrons. The number of carbonyl (C=O) groups is 1. The molecular weight excluding hydrogens is 464 g/mol. The molecular formula is C27H19ClN4O3. The van der Waals surface area contributed by atoms with Crippen LogP contribution in [-0.4, -0.2) is 26.0 Å². The fraction of sp³-hybridized carbons (Fsp3) is 0.111. The Kier molecular flexibility index (Phi) is 5.81. The van der Waals surface area contributed by atoms with Gasteiger partial charge in [-0.25, -0.2) is 9.78 Å². The number of carboxylic acids is 1. The van der Waals surface area contributed by atoms with Crippen LogP contribution in [0.15, 0.2) is 66.8 Å². The van der Waals surface area contributed by atoms with Gasteiger partial charge in [0.05, 0.1) is 33.4 Å². The van der Waals surface area contributed by atoms with E-state index in [0.29, 0.717) is 45.2 Å². The summed E-state index contributed by atoms with van der Waals surface area (Å²) < 4.78 is 5.76. The van der Waals surface area contributed by atoms with E-state index >= 15 is 0 Å².